The minimum absolute atomic E-state index is 0.0914. The van der Waals surface area contributed by atoms with Crippen LogP contribution in [0.5, 0.6) is 0 Å². The van der Waals surface area contributed by atoms with Crippen molar-refractivity contribution in [3.63, 3.8) is 0 Å². The molecule has 2 aliphatic heterocycles. The van der Waals surface area contributed by atoms with Crippen LogP contribution >= 0.6 is 0 Å². The molecule has 2 heterocycles. The zero-order valence-electron chi connectivity index (χ0n) is 9.32. The number of imide groups is 1. The molecular weight excluding hydrogens is 218 g/mol. The maximum atomic E-state index is 11.6. The van der Waals surface area contributed by atoms with Crippen LogP contribution in [0.15, 0.2) is 18.2 Å². The van der Waals surface area contributed by atoms with Gasteiger partial charge in [0.25, 0.3) is 5.91 Å². The van der Waals surface area contributed by atoms with Crippen LogP contribution in [-0.2, 0) is 17.8 Å². The minimum atomic E-state index is -0.335. The highest BCUT2D eigenvalue weighted by Gasteiger charge is 2.30. The van der Waals surface area contributed by atoms with Crippen LogP contribution in [0.3, 0.4) is 0 Å². The Bertz CT molecular complexity index is 483. The van der Waals surface area contributed by atoms with Crippen LogP contribution in [0, 0.1) is 0 Å². The van der Waals surface area contributed by atoms with E-state index in [0.29, 0.717) is 5.69 Å². The fraction of sp³-hybridized carbons (Fsp3) is 0.333. The summed E-state index contributed by atoms with van der Waals surface area (Å²) in [5.41, 5.74) is 3.12. The number of amides is 3. The fourth-order valence-corrected chi connectivity index (χ4v) is 2.29. The van der Waals surface area contributed by atoms with E-state index >= 15 is 0 Å². The number of nitrogens with one attached hydrogen (secondary N) is 2. The Kier molecular flexibility index (Phi) is 2.33. The summed E-state index contributed by atoms with van der Waals surface area (Å²) in [6, 6.07) is 5.43. The highest BCUT2D eigenvalue weighted by atomic mass is 16.2. The second-order valence-electron chi connectivity index (χ2n) is 4.27. The molecule has 0 radical (unpaired) electrons. The lowest BCUT2D eigenvalue weighted by molar-refractivity contribution is -0.115. The van der Waals surface area contributed by atoms with E-state index in [1.54, 1.807) is 0 Å². The van der Waals surface area contributed by atoms with E-state index in [9.17, 15) is 9.59 Å². The van der Waals surface area contributed by atoms with E-state index in [-0.39, 0.29) is 18.5 Å². The van der Waals surface area contributed by atoms with Crippen LogP contribution in [0.4, 0.5) is 10.5 Å². The fourth-order valence-electron chi connectivity index (χ4n) is 2.29. The normalized spacial score (nSPS) is 19.2. The number of anilines is 1. The van der Waals surface area contributed by atoms with Gasteiger partial charge in [-0.05, 0) is 36.2 Å². The van der Waals surface area contributed by atoms with Crippen molar-refractivity contribution in [2.75, 3.05) is 18.0 Å². The van der Waals surface area contributed by atoms with E-state index in [4.69, 9.17) is 0 Å². The Hall–Kier alpha value is -1.88. The average molecular weight is 231 g/mol. The Morgan fingerprint density at radius 3 is 2.76 bits per heavy atom. The third-order valence-corrected chi connectivity index (χ3v) is 3.18. The van der Waals surface area contributed by atoms with Gasteiger partial charge in [0, 0.05) is 6.54 Å². The number of rotatable bonds is 1. The van der Waals surface area contributed by atoms with Gasteiger partial charge in [-0.2, -0.15) is 0 Å². The summed E-state index contributed by atoms with van der Waals surface area (Å²) in [7, 11) is 0. The van der Waals surface area contributed by atoms with Crippen LogP contribution in [-0.4, -0.2) is 25.0 Å². The number of carbonyl (C=O) groups excluding carboxylic acids is 2. The molecule has 0 spiro atoms. The molecule has 0 unspecified atom stereocenters. The summed E-state index contributed by atoms with van der Waals surface area (Å²) < 4.78 is 0. The molecule has 0 atom stereocenters. The number of nitrogens with zero attached hydrogens (tertiary/aromatic N) is 1. The van der Waals surface area contributed by atoms with Crippen LogP contribution in [0.25, 0.3) is 0 Å². The van der Waals surface area contributed by atoms with E-state index in [2.05, 4.69) is 10.6 Å². The van der Waals surface area contributed by atoms with Crippen molar-refractivity contribution in [3.8, 4) is 0 Å². The third kappa shape index (κ3) is 1.68. The van der Waals surface area contributed by atoms with Crippen molar-refractivity contribution in [2.24, 2.45) is 0 Å². The molecule has 3 amide bonds. The SMILES string of the molecule is O=C1CNC(=O)N1c1ccc2c(c1)CNCC2. The van der Waals surface area contributed by atoms with Crippen molar-refractivity contribution < 1.29 is 9.59 Å². The van der Waals surface area contributed by atoms with Crippen molar-refractivity contribution in [2.45, 2.75) is 13.0 Å². The van der Waals surface area contributed by atoms with Crippen molar-refractivity contribution in [1.82, 2.24) is 10.6 Å². The van der Waals surface area contributed by atoms with Gasteiger partial charge in [0.1, 0.15) is 0 Å². The standard InChI is InChI=1S/C12H13N3O2/c16-11-7-14-12(17)15(11)10-2-1-8-3-4-13-6-9(8)5-10/h1-2,5,13H,3-4,6-7H2,(H,14,17). The number of urea groups is 1. The number of hydrogen-bond donors (Lipinski definition) is 2. The quantitative estimate of drug-likeness (QED) is 0.687. The van der Waals surface area contributed by atoms with Gasteiger partial charge in [-0.15, -0.1) is 0 Å². The van der Waals surface area contributed by atoms with Gasteiger partial charge in [-0.25, -0.2) is 9.69 Å². The van der Waals surface area contributed by atoms with Crippen molar-refractivity contribution >= 4 is 17.6 Å². The first-order chi connectivity index (χ1) is 8.25. The summed E-state index contributed by atoms with van der Waals surface area (Å²) in [6.07, 6.45) is 0.996. The van der Waals surface area contributed by atoms with Crippen molar-refractivity contribution in [1.29, 1.82) is 0 Å². The zero-order chi connectivity index (χ0) is 11.8. The largest absolute Gasteiger partial charge is 0.329 e. The molecule has 0 aromatic heterocycles. The monoisotopic (exact) mass is 231 g/mol. The molecule has 1 saturated heterocycles. The molecule has 5 nitrogen and oxygen atoms in total. The Morgan fingerprint density at radius 2 is 2.00 bits per heavy atom. The van der Waals surface area contributed by atoms with E-state index in [0.717, 1.165) is 19.5 Å². The number of fused-ring (bicyclic) bond motifs is 1. The van der Waals surface area contributed by atoms with Gasteiger partial charge in [-0.1, -0.05) is 6.07 Å². The first-order valence-electron chi connectivity index (χ1n) is 5.69. The molecule has 1 fully saturated rings. The molecule has 17 heavy (non-hydrogen) atoms. The van der Waals surface area contributed by atoms with Crippen LogP contribution in [0.1, 0.15) is 11.1 Å². The first kappa shape index (κ1) is 10.3. The second kappa shape index (κ2) is 3.85. The molecule has 1 aromatic rings. The predicted octanol–water partition coefficient (Wildman–Crippen LogP) is 0.389. The number of carbonyl (C=O) groups is 2. The molecule has 0 saturated carbocycles. The predicted molar refractivity (Wildman–Crippen MR) is 62.7 cm³/mol. The maximum absolute atomic E-state index is 11.6. The van der Waals surface area contributed by atoms with E-state index < -0.39 is 0 Å². The Balaban J connectivity index is 1.98. The molecule has 0 aliphatic carbocycles. The highest BCUT2D eigenvalue weighted by Crippen LogP contribution is 2.23. The van der Waals surface area contributed by atoms with Gasteiger partial charge < -0.3 is 10.6 Å². The van der Waals surface area contributed by atoms with Crippen LogP contribution < -0.4 is 15.5 Å². The van der Waals surface area contributed by atoms with Gasteiger partial charge in [0.05, 0.1) is 12.2 Å². The van der Waals surface area contributed by atoms with E-state index in [1.165, 1.54) is 16.0 Å². The summed E-state index contributed by atoms with van der Waals surface area (Å²) in [5, 5.41) is 5.80. The summed E-state index contributed by atoms with van der Waals surface area (Å²) in [5.74, 6) is -0.196. The lowest BCUT2D eigenvalue weighted by Gasteiger charge is -2.20. The smallest absolute Gasteiger partial charge is 0.328 e. The molecule has 1 aromatic carbocycles. The molecule has 2 N–H and O–H groups in total. The summed E-state index contributed by atoms with van der Waals surface area (Å²) in [4.78, 5) is 24.3. The lowest BCUT2D eigenvalue weighted by atomic mass is 10.0. The van der Waals surface area contributed by atoms with Crippen molar-refractivity contribution in [3.05, 3.63) is 29.3 Å². The molecule has 2 aliphatic rings. The lowest BCUT2D eigenvalue weighted by Crippen LogP contribution is -2.31. The van der Waals surface area contributed by atoms with Gasteiger partial charge in [-0.3, -0.25) is 4.79 Å². The summed E-state index contributed by atoms with van der Waals surface area (Å²) >= 11 is 0. The average Bonchev–Trinajstić information content (AvgIpc) is 2.68. The van der Waals surface area contributed by atoms with Gasteiger partial charge in [0.15, 0.2) is 0 Å². The zero-order valence-corrected chi connectivity index (χ0v) is 9.32. The number of benzene rings is 1. The molecule has 0 bridgehead atoms. The molecule has 88 valence electrons. The van der Waals surface area contributed by atoms with Gasteiger partial charge in [0.2, 0.25) is 0 Å². The highest BCUT2D eigenvalue weighted by molar-refractivity contribution is 6.19. The molecule has 3 rings (SSSR count). The molecule has 5 heteroatoms. The third-order valence-electron chi connectivity index (χ3n) is 3.18. The minimum Gasteiger partial charge on any atom is -0.328 e. The Morgan fingerprint density at radius 1 is 1.12 bits per heavy atom. The molecular formula is C12H13N3O2. The van der Waals surface area contributed by atoms with E-state index in [1.807, 2.05) is 18.2 Å². The second-order valence-corrected chi connectivity index (χ2v) is 4.27. The topological polar surface area (TPSA) is 61.4 Å². The van der Waals surface area contributed by atoms with Crippen LogP contribution in [0.2, 0.25) is 0 Å². The Labute approximate surface area is 98.8 Å². The maximum Gasteiger partial charge on any atom is 0.329 e. The first-order valence-corrected chi connectivity index (χ1v) is 5.69. The summed E-state index contributed by atoms with van der Waals surface area (Å²) in [6.45, 7) is 1.87. The number of hydrogen-bond acceptors (Lipinski definition) is 3. The van der Waals surface area contributed by atoms with Gasteiger partial charge >= 0.3 is 6.03 Å².